The van der Waals surface area contributed by atoms with Gasteiger partial charge in [-0.15, -0.1) is 6.42 Å². The Bertz CT molecular complexity index is 504. The highest BCUT2D eigenvalue weighted by Crippen LogP contribution is 2.19. The van der Waals surface area contributed by atoms with Gasteiger partial charge < -0.3 is 10.3 Å². The Morgan fingerprint density at radius 2 is 2.31 bits per heavy atom. The first-order valence-corrected chi connectivity index (χ1v) is 3.76. The summed E-state index contributed by atoms with van der Waals surface area (Å²) in [4.78, 5) is 8.07. The second kappa shape index (κ2) is 2.49. The van der Waals surface area contributed by atoms with E-state index in [1.54, 1.807) is 12.5 Å². The van der Waals surface area contributed by atoms with E-state index in [0.717, 1.165) is 11.0 Å². The van der Waals surface area contributed by atoms with Gasteiger partial charge in [-0.25, -0.2) is 9.97 Å². The van der Waals surface area contributed by atoms with Crippen LogP contribution >= 0.6 is 0 Å². The zero-order valence-corrected chi connectivity index (χ0v) is 7.15. The van der Waals surface area contributed by atoms with Crippen molar-refractivity contribution in [2.24, 2.45) is 7.05 Å². The molecule has 4 heteroatoms. The summed E-state index contributed by atoms with van der Waals surface area (Å²) in [6, 6.07) is 0. The molecule has 2 N–H and O–H groups in total. The van der Waals surface area contributed by atoms with Crippen LogP contribution in [-0.2, 0) is 7.05 Å². The van der Waals surface area contributed by atoms with Gasteiger partial charge in [-0.3, -0.25) is 0 Å². The number of hydrogen-bond acceptors (Lipinski definition) is 3. The van der Waals surface area contributed by atoms with Crippen LogP contribution < -0.4 is 5.73 Å². The highest BCUT2D eigenvalue weighted by molar-refractivity contribution is 5.85. The summed E-state index contributed by atoms with van der Waals surface area (Å²) in [6.07, 6.45) is 8.64. The van der Waals surface area contributed by atoms with Crippen LogP contribution in [0.5, 0.6) is 0 Å². The van der Waals surface area contributed by atoms with Gasteiger partial charge in [0.25, 0.3) is 0 Å². The Morgan fingerprint density at radius 1 is 1.54 bits per heavy atom. The van der Waals surface area contributed by atoms with Crippen molar-refractivity contribution >= 4 is 16.9 Å². The maximum absolute atomic E-state index is 5.63. The third kappa shape index (κ3) is 0.942. The molecule has 0 atom stereocenters. The third-order valence-corrected chi connectivity index (χ3v) is 1.93. The zero-order chi connectivity index (χ0) is 9.42. The largest absolute Gasteiger partial charge is 0.383 e. The van der Waals surface area contributed by atoms with Gasteiger partial charge in [-0.1, -0.05) is 5.92 Å². The Labute approximate surface area is 75.4 Å². The fourth-order valence-electron chi connectivity index (χ4n) is 1.31. The van der Waals surface area contributed by atoms with E-state index in [1.165, 1.54) is 0 Å². The molecule has 0 spiro atoms. The van der Waals surface area contributed by atoms with Crippen molar-refractivity contribution in [1.29, 1.82) is 0 Å². The number of pyridine rings is 1. The van der Waals surface area contributed by atoms with Gasteiger partial charge in [0.2, 0.25) is 0 Å². The fraction of sp³-hybridized carbons (Fsp3) is 0.111. The maximum Gasteiger partial charge on any atom is 0.141 e. The molecular weight excluding hydrogens is 164 g/mol. The van der Waals surface area contributed by atoms with E-state index in [2.05, 4.69) is 15.9 Å². The first-order valence-electron chi connectivity index (χ1n) is 3.76. The first kappa shape index (κ1) is 7.62. The summed E-state index contributed by atoms with van der Waals surface area (Å²) in [5.41, 5.74) is 7.86. The number of nitrogen functional groups attached to an aromatic ring is 1. The summed E-state index contributed by atoms with van der Waals surface area (Å²) in [7, 11) is 1.87. The van der Waals surface area contributed by atoms with Crippen molar-refractivity contribution in [3.8, 4) is 12.3 Å². The number of anilines is 1. The number of terminal acetylenes is 1. The first-order chi connectivity index (χ1) is 6.24. The Hall–Kier alpha value is -2.02. The molecule has 0 saturated carbocycles. The van der Waals surface area contributed by atoms with Gasteiger partial charge in [0, 0.05) is 7.05 Å². The van der Waals surface area contributed by atoms with Crippen molar-refractivity contribution in [1.82, 2.24) is 14.5 Å². The van der Waals surface area contributed by atoms with Crippen molar-refractivity contribution in [2.45, 2.75) is 0 Å². The van der Waals surface area contributed by atoms with E-state index in [-0.39, 0.29) is 0 Å². The number of imidazole rings is 1. The van der Waals surface area contributed by atoms with Gasteiger partial charge in [-0.05, 0) is 0 Å². The summed E-state index contributed by atoms with van der Waals surface area (Å²) >= 11 is 0. The number of aryl methyl sites for hydroxylation is 1. The maximum atomic E-state index is 5.63. The zero-order valence-electron chi connectivity index (χ0n) is 7.15. The van der Waals surface area contributed by atoms with Crippen LogP contribution in [0.3, 0.4) is 0 Å². The summed E-state index contributed by atoms with van der Waals surface area (Å²) in [5.74, 6) is 2.89. The van der Waals surface area contributed by atoms with Gasteiger partial charge in [0.05, 0.1) is 23.6 Å². The number of nitrogens with zero attached hydrogens (tertiary/aromatic N) is 3. The summed E-state index contributed by atoms with van der Waals surface area (Å²) in [5, 5.41) is 0. The van der Waals surface area contributed by atoms with E-state index in [1.807, 2.05) is 11.6 Å². The van der Waals surface area contributed by atoms with E-state index >= 15 is 0 Å². The minimum atomic E-state index is 0.374. The molecule has 64 valence electrons. The Morgan fingerprint density at radius 3 is 3.00 bits per heavy atom. The Kier molecular flexibility index (Phi) is 1.46. The van der Waals surface area contributed by atoms with E-state index in [4.69, 9.17) is 12.2 Å². The molecule has 0 aromatic carbocycles. The second-order valence-corrected chi connectivity index (χ2v) is 2.75. The van der Waals surface area contributed by atoms with Crippen molar-refractivity contribution in [3.63, 3.8) is 0 Å². The van der Waals surface area contributed by atoms with E-state index < -0.39 is 0 Å². The molecule has 0 aliphatic heterocycles. The molecule has 0 aliphatic carbocycles. The fourth-order valence-corrected chi connectivity index (χ4v) is 1.31. The van der Waals surface area contributed by atoms with E-state index in [9.17, 15) is 0 Å². The molecule has 4 nitrogen and oxygen atoms in total. The van der Waals surface area contributed by atoms with Crippen LogP contribution in [0.2, 0.25) is 0 Å². The Balaban J connectivity index is 2.99. The van der Waals surface area contributed by atoms with Crippen LogP contribution in [0.25, 0.3) is 11.0 Å². The lowest BCUT2D eigenvalue weighted by molar-refractivity contribution is 0.946. The number of nitrogens with two attached hydrogens (primary N) is 1. The van der Waals surface area contributed by atoms with Crippen LogP contribution in [0, 0.1) is 12.3 Å². The normalized spacial score (nSPS) is 10.2. The predicted molar refractivity (Wildman–Crippen MR) is 50.9 cm³/mol. The average Bonchev–Trinajstić information content (AvgIpc) is 2.49. The molecule has 0 saturated heterocycles. The van der Waals surface area contributed by atoms with Gasteiger partial charge >= 0.3 is 0 Å². The van der Waals surface area contributed by atoms with Crippen LogP contribution in [-0.4, -0.2) is 14.5 Å². The third-order valence-electron chi connectivity index (χ3n) is 1.93. The summed E-state index contributed by atoms with van der Waals surface area (Å²) in [6.45, 7) is 0. The number of hydrogen-bond donors (Lipinski definition) is 1. The number of rotatable bonds is 0. The molecular formula is C9H8N4. The van der Waals surface area contributed by atoms with Gasteiger partial charge in [0.1, 0.15) is 11.3 Å². The molecule has 0 fully saturated rings. The lowest BCUT2D eigenvalue weighted by Gasteiger charge is -2.00. The number of fused-ring (bicyclic) bond motifs is 1. The lowest BCUT2D eigenvalue weighted by atomic mass is 10.2. The standard InChI is InChI=1S/C9H8N4/c1-3-6-8-7(4-11-9(6)10)12-5-13(8)2/h1,4-5H,2H3,(H2,10,11). The summed E-state index contributed by atoms with van der Waals surface area (Å²) < 4.78 is 1.84. The molecule has 2 rings (SSSR count). The molecule has 2 heterocycles. The van der Waals surface area contributed by atoms with Gasteiger partial charge in [0.15, 0.2) is 0 Å². The minimum Gasteiger partial charge on any atom is -0.383 e. The lowest BCUT2D eigenvalue weighted by Crippen LogP contribution is -1.97. The smallest absolute Gasteiger partial charge is 0.141 e. The second-order valence-electron chi connectivity index (χ2n) is 2.75. The van der Waals surface area contributed by atoms with Crippen molar-refractivity contribution in [2.75, 3.05) is 5.73 Å². The topological polar surface area (TPSA) is 56.7 Å². The molecule has 0 radical (unpaired) electrons. The van der Waals surface area contributed by atoms with Crippen molar-refractivity contribution < 1.29 is 0 Å². The minimum absolute atomic E-state index is 0.374. The highest BCUT2D eigenvalue weighted by Gasteiger charge is 2.07. The average molecular weight is 172 g/mol. The molecule has 13 heavy (non-hydrogen) atoms. The quantitative estimate of drug-likeness (QED) is 0.590. The monoisotopic (exact) mass is 172 g/mol. The number of aromatic nitrogens is 3. The highest BCUT2D eigenvalue weighted by atomic mass is 15.0. The molecule has 2 aromatic heterocycles. The predicted octanol–water partition coefficient (Wildman–Crippen LogP) is 0.532. The molecule has 0 amide bonds. The molecule has 0 bridgehead atoms. The van der Waals surface area contributed by atoms with Crippen LogP contribution in [0.4, 0.5) is 5.82 Å². The molecule has 0 unspecified atom stereocenters. The van der Waals surface area contributed by atoms with Gasteiger partial charge in [-0.2, -0.15) is 0 Å². The van der Waals surface area contributed by atoms with E-state index in [0.29, 0.717) is 11.4 Å². The van der Waals surface area contributed by atoms with Crippen LogP contribution in [0.1, 0.15) is 5.56 Å². The molecule has 0 aliphatic rings. The SMILES string of the molecule is C#Cc1c(N)ncc2ncn(C)c12. The molecule has 2 aromatic rings. The van der Waals surface area contributed by atoms with Crippen molar-refractivity contribution in [3.05, 3.63) is 18.1 Å². The van der Waals surface area contributed by atoms with Crippen LogP contribution in [0.15, 0.2) is 12.5 Å².